The molecule has 112 valence electrons. The third-order valence-corrected chi connectivity index (χ3v) is 4.54. The number of imidazole rings is 1. The maximum absolute atomic E-state index is 5.79. The fraction of sp³-hybridized carbons (Fsp3) is 0.500. The largest absolute Gasteiger partial charge is 0.384 e. The van der Waals surface area contributed by atoms with Crippen molar-refractivity contribution in [1.29, 1.82) is 0 Å². The summed E-state index contributed by atoms with van der Waals surface area (Å²) >= 11 is 0. The van der Waals surface area contributed by atoms with Crippen LogP contribution < -0.4 is 5.73 Å². The normalized spacial score (nSPS) is 18.8. The van der Waals surface area contributed by atoms with Crippen LogP contribution in [0.15, 0.2) is 30.9 Å². The average Bonchev–Trinajstić information content (AvgIpc) is 2.90. The number of piperidine rings is 1. The van der Waals surface area contributed by atoms with E-state index in [9.17, 15) is 0 Å². The lowest BCUT2D eigenvalue weighted by molar-refractivity contribution is 0.121. The van der Waals surface area contributed by atoms with Gasteiger partial charge < -0.3 is 15.2 Å². The summed E-state index contributed by atoms with van der Waals surface area (Å²) in [5.41, 5.74) is 8.32. The van der Waals surface area contributed by atoms with Crippen LogP contribution >= 0.6 is 0 Å². The Balaban J connectivity index is 1.83. The summed E-state index contributed by atoms with van der Waals surface area (Å²) in [4.78, 5) is 10.8. The van der Waals surface area contributed by atoms with Gasteiger partial charge >= 0.3 is 0 Å². The van der Waals surface area contributed by atoms with Gasteiger partial charge in [-0.1, -0.05) is 6.92 Å². The van der Waals surface area contributed by atoms with E-state index in [2.05, 4.69) is 33.4 Å². The van der Waals surface area contributed by atoms with Gasteiger partial charge in [0.05, 0.1) is 18.2 Å². The van der Waals surface area contributed by atoms with Gasteiger partial charge in [-0.15, -0.1) is 0 Å². The highest BCUT2D eigenvalue weighted by Crippen LogP contribution is 2.33. The van der Waals surface area contributed by atoms with Crippen LogP contribution in [0.3, 0.4) is 0 Å². The maximum atomic E-state index is 5.79. The van der Waals surface area contributed by atoms with Gasteiger partial charge in [0.1, 0.15) is 5.82 Å². The van der Waals surface area contributed by atoms with E-state index in [0.717, 1.165) is 17.8 Å². The fourth-order valence-electron chi connectivity index (χ4n) is 3.02. The van der Waals surface area contributed by atoms with Gasteiger partial charge in [-0.25, -0.2) is 9.97 Å². The van der Waals surface area contributed by atoms with Crippen molar-refractivity contribution in [3.8, 4) is 11.3 Å². The van der Waals surface area contributed by atoms with Crippen molar-refractivity contribution >= 4 is 5.82 Å². The molecule has 0 atom stereocenters. The van der Waals surface area contributed by atoms with Gasteiger partial charge in [-0.05, 0) is 50.5 Å². The second kappa shape index (κ2) is 5.48. The SMILES string of the molecule is CN1CCC(C)(Cn2cncc2-c2ccnc(N)c2)CC1. The van der Waals surface area contributed by atoms with Gasteiger partial charge in [0, 0.05) is 18.3 Å². The highest BCUT2D eigenvalue weighted by Gasteiger charge is 2.29. The molecule has 0 amide bonds. The van der Waals surface area contributed by atoms with Gasteiger partial charge in [-0.2, -0.15) is 0 Å². The van der Waals surface area contributed by atoms with Gasteiger partial charge in [0.15, 0.2) is 0 Å². The first-order chi connectivity index (χ1) is 10.1. The summed E-state index contributed by atoms with van der Waals surface area (Å²) in [5.74, 6) is 0.547. The Morgan fingerprint density at radius 2 is 2.10 bits per heavy atom. The molecule has 2 aromatic rings. The van der Waals surface area contributed by atoms with Crippen LogP contribution in [0, 0.1) is 5.41 Å². The second-order valence-corrected chi connectivity index (χ2v) is 6.49. The third-order valence-electron chi connectivity index (χ3n) is 4.54. The molecule has 0 radical (unpaired) electrons. The van der Waals surface area contributed by atoms with E-state index in [0.29, 0.717) is 11.2 Å². The molecule has 3 heterocycles. The molecule has 0 aliphatic carbocycles. The van der Waals surface area contributed by atoms with Crippen LogP contribution in [-0.2, 0) is 6.54 Å². The quantitative estimate of drug-likeness (QED) is 0.939. The Morgan fingerprint density at radius 3 is 2.81 bits per heavy atom. The molecule has 1 aliphatic heterocycles. The molecule has 1 fully saturated rings. The lowest BCUT2D eigenvalue weighted by atomic mass is 9.80. The number of rotatable bonds is 3. The second-order valence-electron chi connectivity index (χ2n) is 6.49. The van der Waals surface area contributed by atoms with E-state index in [1.54, 1.807) is 6.20 Å². The van der Waals surface area contributed by atoms with Crippen molar-refractivity contribution in [3.63, 3.8) is 0 Å². The zero-order valence-corrected chi connectivity index (χ0v) is 12.8. The molecule has 0 aromatic carbocycles. The van der Waals surface area contributed by atoms with Crippen LogP contribution in [0.1, 0.15) is 19.8 Å². The minimum absolute atomic E-state index is 0.334. The predicted octanol–water partition coefficient (Wildman–Crippen LogP) is 2.26. The van der Waals surface area contributed by atoms with Crippen LogP contribution in [0.5, 0.6) is 0 Å². The average molecular weight is 285 g/mol. The molecule has 0 saturated carbocycles. The van der Waals surface area contributed by atoms with E-state index >= 15 is 0 Å². The summed E-state index contributed by atoms with van der Waals surface area (Å²) in [5, 5.41) is 0. The van der Waals surface area contributed by atoms with Gasteiger partial charge in [0.2, 0.25) is 0 Å². The zero-order chi connectivity index (χ0) is 14.9. The molecular formula is C16H23N5. The van der Waals surface area contributed by atoms with Crippen LogP contribution in [-0.4, -0.2) is 39.6 Å². The van der Waals surface area contributed by atoms with E-state index < -0.39 is 0 Å². The molecule has 5 nitrogen and oxygen atoms in total. The highest BCUT2D eigenvalue weighted by molar-refractivity contribution is 5.61. The number of nitrogens with two attached hydrogens (primary N) is 1. The summed E-state index contributed by atoms with van der Waals surface area (Å²) in [7, 11) is 2.20. The van der Waals surface area contributed by atoms with Gasteiger partial charge in [-0.3, -0.25) is 0 Å². The van der Waals surface area contributed by atoms with E-state index in [1.165, 1.54) is 25.9 Å². The van der Waals surface area contributed by atoms with Crippen molar-refractivity contribution in [2.75, 3.05) is 25.9 Å². The number of hydrogen-bond acceptors (Lipinski definition) is 4. The Labute approximate surface area is 125 Å². The van der Waals surface area contributed by atoms with Crippen molar-refractivity contribution in [1.82, 2.24) is 19.4 Å². The zero-order valence-electron chi connectivity index (χ0n) is 12.8. The Hall–Kier alpha value is -1.88. The molecule has 2 N–H and O–H groups in total. The number of hydrogen-bond donors (Lipinski definition) is 1. The fourth-order valence-corrected chi connectivity index (χ4v) is 3.02. The summed E-state index contributed by atoms with van der Waals surface area (Å²) in [6.07, 6.45) is 8.03. The molecule has 3 rings (SSSR count). The Bertz CT molecular complexity index is 611. The smallest absolute Gasteiger partial charge is 0.123 e. The maximum Gasteiger partial charge on any atom is 0.123 e. The van der Waals surface area contributed by atoms with Crippen LogP contribution in [0.2, 0.25) is 0 Å². The van der Waals surface area contributed by atoms with E-state index in [1.807, 2.05) is 24.7 Å². The Kier molecular flexibility index (Phi) is 3.68. The minimum atomic E-state index is 0.334. The third kappa shape index (κ3) is 3.08. The number of pyridine rings is 1. The summed E-state index contributed by atoms with van der Waals surface area (Å²) < 4.78 is 2.25. The van der Waals surface area contributed by atoms with E-state index in [-0.39, 0.29) is 0 Å². The molecule has 1 saturated heterocycles. The van der Waals surface area contributed by atoms with E-state index in [4.69, 9.17) is 5.73 Å². The van der Waals surface area contributed by atoms with Crippen molar-refractivity contribution in [2.45, 2.75) is 26.3 Å². The van der Waals surface area contributed by atoms with Crippen LogP contribution in [0.25, 0.3) is 11.3 Å². The standard InChI is InChI=1S/C16H23N5/c1-16(4-7-20(2)8-5-16)11-21-12-18-10-14(21)13-3-6-19-15(17)9-13/h3,6,9-10,12H,4-5,7-8,11H2,1-2H3,(H2,17,19). The number of aromatic nitrogens is 3. The topological polar surface area (TPSA) is 60.0 Å². The monoisotopic (exact) mass is 285 g/mol. The van der Waals surface area contributed by atoms with Crippen molar-refractivity contribution in [2.24, 2.45) is 5.41 Å². The van der Waals surface area contributed by atoms with Gasteiger partial charge in [0.25, 0.3) is 0 Å². The molecule has 0 spiro atoms. The number of anilines is 1. The molecule has 5 heteroatoms. The number of likely N-dealkylation sites (tertiary alicyclic amines) is 1. The Morgan fingerprint density at radius 1 is 1.33 bits per heavy atom. The number of nitrogen functional groups attached to an aromatic ring is 1. The first kappa shape index (κ1) is 14.1. The lowest BCUT2D eigenvalue weighted by Crippen LogP contribution is -2.38. The lowest BCUT2D eigenvalue weighted by Gasteiger charge is -2.38. The predicted molar refractivity (Wildman–Crippen MR) is 84.7 cm³/mol. The van der Waals surface area contributed by atoms with Crippen molar-refractivity contribution < 1.29 is 0 Å². The van der Waals surface area contributed by atoms with Crippen molar-refractivity contribution in [3.05, 3.63) is 30.9 Å². The van der Waals surface area contributed by atoms with Crippen LogP contribution in [0.4, 0.5) is 5.82 Å². The molecule has 1 aliphatic rings. The summed E-state index contributed by atoms with van der Waals surface area (Å²) in [6, 6.07) is 3.89. The molecule has 0 bridgehead atoms. The first-order valence-corrected chi connectivity index (χ1v) is 7.46. The minimum Gasteiger partial charge on any atom is -0.384 e. The summed E-state index contributed by atoms with van der Waals surface area (Å²) in [6.45, 7) is 5.72. The highest BCUT2D eigenvalue weighted by atomic mass is 15.1. The molecular weight excluding hydrogens is 262 g/mol. The molecule has 0 unspecified atom stereocenters. The number of nitrogens with zero attached hydrogens (tertiary/aromatic N) is 4. The molecule has 21 heavy (non-hydrogen) atoms. The first-order valence-electron chi connectivity index (χ1n) is 7.46. The molecule has 2 aromatic heterocycles.